The smallest absolute Gasteiger partial charge is 0.272 e. The SMILES string of the molecule is O=C(CC(CCN1CCCCC1)NC(=O)c1cc(-c2ccccn2)n(C2CCCC2)n1)NC1CCC1. The first-order valence-corrected chi connectivity index (χ1v) is 14.0. The fourth-order valence-electron chi connectivity index (χ4n) is 5.71. The van der Waals surface area contributed by atoms with E-state index >= 15 is 0 Å². The molecule has 2 aliphatic carbocycles. The van der Waals surface area contributed by atoms with Crippen LogP contribution in [0.5, 0.6) is 0 Å². The molecule has 8 nitrogen and oxygen atoms in total. The number of carbonyl (C=O) groups excluding carboxylic acids is 2. The molecule has 0 radical (unpaired) electrons. The van der Waals surface area contributed by atoms with E-state index in [0.29, 0.717) is 24.2 Å². The lowest BCUT2D eigenvalue weighted by molar-refractivity contribution is -0.122. The fraction of sp³-hybridized carbons (Fsp3) is 0.643. The van der Waals surface area contributed by atoms with Gasteiger partial charge >= 0.3 is 0 Å². The van der Waals surface area contributed by atoms with Crippen LogP contribution in [0.1, 0.15) is 93.6 Å². The monoisotopic (exact) mass is 492 g/mol. The van der Waals surface area contributed by atoms with Crippen LogP contribution >= 0.6 is 0 Å². The molecular formula is C28H40N6O2. The van der Waals surface area contributed by atoms with Crippen LogP contribution in [0, 0.1) is 0 Å². The molecule has 1 saturated heterocycles. The van der Waals surface area contributed by atoms with Crippen LogP contribution in [0.15, 0.2) is 30.5 Å². The van der Waals surface area contributed by atoms with Gasteiger partial charge in [-0.25, -0.2) is 0 Å². The van der Waals surface area contributed by atoms with Crippen LogP contribution in [0.3, 0.4) is 0 Å². The van der Waals surface area contributed by atoms with Gasteiger partial charge in [0.05, 0.1) is 17.4 Å². The number of rotatable bonds is 10. The standard InChI is InChI=1S/C28H40N6O2/c35-27(30-21-9-8-10-21)19-22(14-18-33-16-6-1-7-17-33)31-28(36)25-20-26(24-13-4-5-15-29-24)34(32-25)23-11-2-3-12-23/h4-5,13,15,20-23H,1-3,6-12,14,16-19H2,(H,30,35)(H,31,36). The normalized spacial score (nSPS) is 20.1. The van der Waals surface area contributed by atoms with Crippen LogP contribution in [-0.2, 0) is 4.79 Å². The highest BCUT2D eigenvalue weighted by molar-refractivity contribution is 5.94. The number of aromatic nitrogens is 3. The van der Waals surface area contributed by atoms with Gasteiger partial charge in [0, 0.05) is 31.2 Å². The molecule has 1 aliphatic heterocycles. The van der Waals surface area contributed by atoms with Gasteiger partial charge in [-0.2, -0.15) is 5.10 Å². The van der Waals surface area contributed by atoms with E-state index in [9.17, 15) is 9.59 Å². The Labute approximate surface area is 214 Å². The zero-order chi connectivity index (χ0) is 24.7. The molecule has 2 amide bonds. The van der Waals surface area contributed by atoms with Crippen molar-refractivity contribution in [2.45, 2.75) is 95.2 Å². The minimum absolute atomic E-state index is 0.0364. The second-order valence-corrected chi connectivity index (χ2v) is 10.8. The molecule has 2 aromatic rings. The van der Waals surface area contributed by atoms with Crippen molar-refractivity contribution < 1.29 is 9.59 Å². The van der Waals surface area contributed by atoms with E-state index in [1.165, 1.54) is 38.5 Å². The van der Waals surface area contributed by atoms with Crippen LogP contribution in [-0.4, -0.2) is 63.2 Å². The highest BCUT2D eigenvalue weighted by Crippen LogP contribution is 2.33. The van der Waals surface area contributed by atoms with E-state index in [1.807, 2.05) is 28.9 Å². The van der Waals surface area contributed by atoms with Gasteiger partial charge in [-0.1, -0.05) is 25.3 Å². The summed E-state index contributed by atoms with van der Waals surface area (Å²) < 4.78 is 2.01. The second kappa shape index (κ2) is 12.0. The number of likely N-dealkylation sites (tertiary alicyclic amines) is 1. The Morgan fingerprint density at radius 1 is 1.00 bits per heavy atom. The number of nitrogens with one attached hydrogen (secondary N) is 2. The largest absolute Gasteiger partial charge is 0.353 e. The van der Waals surface area contributed by atoms with Crippen LogP contribution in [0.2, 0.25) is 0 Å². The quantitative estimate of drug-likeness (QED) is 0.521. The first-order valence-electron chi connectivity index (χ1n) is 14.0. The van der Waals surface area contributed by atoms with Gasteiger partial charge in [0.25, 0.3) is 5.91 Å². The van der Waals surface area contributed by atoms with Gasteiger partial charge in [-0.05, 0) is 82.7 Å². The van der Waals surface area contributed by atoms with Crippen LogP contribution in [0.4, 0.5) is 0 Å². The topological polar surface area (TPSA) is 92.2 Å². The molecule has 2 saturated carbocycles. The number of pyridine rings is 1. The van der Waals surface area contributed by atoms with E-state index in [0.717, 1.165) is 63.1 Å². The Hall–Kier alpha value is -2.74. The number of hydrogen-bond acceptors (Lipinski definition) is 5. The average Bonchev–Trinajstić information content (AvgIpc) is 3.56. The summed E-state index contributed by atoms with van der Waals surface area (Å²) in [4.78, 5) is 33.2. The van der Waals surface area contributed by atoms with Crippen molar-refractivity contribution in [3.8, 4) is 11.4 Å². The number of hydrogen-bond donors (Lipinski definition) is 2. The predicted octanol–water partition coefficient (Wildman–Crippen LogP) is 4.09. The van der Waals surface area contributed by atoms with Crippen molar-refractivity contribution >= 4 is 11.8 Å². The lowest BCUT2D eigenvalue weighted by Gasteiger charge is -2.29. The molecule has 36 heavy (non-hydrogen) atoms. The molecule has 3 aliphatic rings. The lowest BCUT2D eigenvalue weighted by Crippen LogP contribution is -2.45. The molecule has 3 fully saturated rings. The maximum atomic E-state index is 13.4. The molecular weight excluding hydrogens is 452 g/mol. The van der Waals surface area contributed by atoms with Crippen molar-refractivity contribution in [2.75, 3.05) is 19.6 Å². The molecule has 3 heterocycles. The first-order chi connectivity index (χ1) is 17.7. The third kappa shape index (κ3) is 6.33. The molecule has 2 aromatic heterocycles. The molecule has 8 heteroatoms. The first kappa shape index (κ1) is 24.9. The number of carbonyl (C=O) groups is 2. The van der Waals surface area contributed by atoms with Crippen LogP contribution < -0.4 is 10.6 Å². The number of nitrogens with zero attached hydrogens (tertiary/aromatic N) is 4. The summed E-state index contributed by atoms with van der Waals surface area (Å²) in [7, 11) is 0. The van der Waals surface area contributed by atoms with Crippen molar-refractivity contribution in [3.05, 3.63) is 36.2 Å². The van der Waals surface area contributed by atoms with E-state index in [1.54, 1.807) is 6.20 Å². The van der Waals surface area contributed by atoms with Crippen molar-refractivity contribution in [3.63, 3.8) is 0 Å². The lowest BCUT2D eigenvalue weighted by atomic mass is 9.93. The maximum Gasteiger partial charge on any atom is 0.272 e. The second-order valence-electron chi connectivity index (χ2n) is 10.8. The predicted molar refractivity (Wildman–Crippen MR) is 140 cm³/mol. The minimum atomic E-state index is -0.213. The zero-order valence-corrected chi connectivity index (χ0v) is 21.3. The zero-order valence-electron chi connectivity index (χ0n) is 21.3. The molecule has 1 unspecified atom stereocenters. The van der Waals surface area contributed by atoms with Crippen LogP contribution in [0.25, 0.3) is 11.4 Å². The van der Waals surface area contributed by atoms with Gasteiger partial charge in [0.1, 0.15) is 0 Å². The average molecular weight is 493 g/mol. The Balaban J connectivity index is 1.30. The fourth-order valence-corrected chi connectivity index (χ4v) is 5.71. The Morgan fingerprint density at radius 2 is 1.81 bits per heavy atom. The molecule has 1 atom stereocenters. The Kier molecular flexibility index (Phi) is 8.31. The van der Waals surface area contributed by atoms with Crippen molar-refractivity contribution in [1.29, 1.82) is 0 Å². The third-order valence-electron chi connectivity index (χ3n) is 8.05. The molecule has 0 bridgehead atoms. The van der Waals surface area contributed by atoms with Gasteiger partial charge in [0.15, 0.2) is 5.69 Å². The van der Waals surface area contributed by atoms with Gasteiger partial charge < -0.3 is 15.5 Å². The summed E-state index contributed by atoms with van der Waals surface area (Å²) >= 11 is 0. The maximum absolute atomic E-state index is 13.4. The van der Waals surface area contributed by atoms with Crippen molar-refractivity contribution in [2.24, 2.45) is 0 Å². The van der Waals surface area contributed by atoms with E-state index < -0.39 is 0 Å². The highest BCUT2D eigenvalue weighted by Gasteiger charge is 2.27. The highest BCUT2D eigenvalue weighted by atomic mass is 16.2. The Morgan fingerprint density at radius 3 is 2.50 bits per heavy atom. The molecule has 2 N–H and O–H groups in total. The van der Waals surface area contributed by atoms with Gasteiger partial charge in [-0.15, -0.1) is 0 Å². The Bertz CT molecular complexity index is 1010. The summed E-state index contributed by atoms with van der Waals surface area (Å²) in [6.45, 7) is 3.11. The van der Waals surface area contributed by atoms with Gasteiger partial charge in [-0.3, -0.25) is 19.3 Å². The number of amides is 2. The third-order valence-corrected chi connectivity index (χ3v) is 8.05. The summed E-state index contributed by atoms with van der Waals surface area (Å²) in [5.74, 6) is -0.168. The van der Waals surface area contributed by atoms with E-state index in [2.05, 4.69) is 20.5 Å². The minimum Gasteiger partial charge on any atom is -0.353 e. The molecule has 5 rings (SSSR count). The molecule has 0 aromatic carbocycles. The summed E-state index contributed by atoms with van der Waals surface area (Å²) in [5.41, 5.74) is 2.13. The summed E-state index contributed by atoms with van der Waals surface area (Å²) in [6, 6.07) is 8.09. The molecule has 194 valence electrons. The molecule has 0 spiro atoms. The van der Waals surface area contributed by atoms with Crippen molar-refractivity contribution in [1.82, 2.24) is 30.3 Å². The number of piperidine rings is 1. The van der Waals surface area contributed by atoms with Gasteiger partial charge in [0.2, 0.25) is 5.91 Å². The van der Waals surface area contributed by atoms with E-state index in [4.69, 9.17) is 5.10 Å². The summed E-state index contributed by atoms with van der Waals surface area (Å²) in [6.07, 6.45) is 14.4. The van der Waals surface area contributed by atoms with E-state index in [-0.39, 0.29) is 17.9 Å². The summed E-state index contributed by atoms with van der Waals surface area (Å²) in [5, 5.41) is 11.1.